The fraction of sp³-hybridized carbons (Fsp3) is 0.667. The van der Waals surface area contributed by atoms with Gasteiger partial charge >= 0.3 is 6.09 Å². The summed E-state index contributed by atoms with van der Waals surface area (Å²) in [5.41, 5.74) is -0.472. The van der Waals surface area contributed by atoms with E-state index in [2.05, 4.69) is 15.6 Å². The van der Waals surface area contributed by atoms with Gasteiger partial charge in [-0.25, -0.2) is 9.78 Å². The summed E-state index contributed by atoms with van der Waals surface area (Å²) in [7, 11) is 0. The number of aromatic nitrogens is 1. The first-order valence-corrected chi connectivity index (χ1v) is 5.94. The highest BCUT2D eigenvalue weighted by Gasteiger charge is 2.16. The molecular weight excluding hydrogens is 234 g/mol. The first-order valence-electron chi connectivity index (χ1n) is 5.94. The zero-order chi connectivity index (χ0) is 13.6. The Morgan fingerprint density at radius 2 is 2.28 bits per heavy atom. The predicted molar refractivity (Wildman–Crippen MR) is 67.0 cm³/mol. The van der Waals surface area contributed by atoms with Gasteiger partial charge in [-0.2, -0.15) is 0 Å². The molecule has 0 aromatic carbocycles. The molecule has 18 heavy (non-hydrogen) atoms. The topological polar surface area (TPSA) is 76.4 Å². The fourth-order valence-corrected chi connectivity index (χ4v) is 1.23. The SMILES string of the molecule is CC(CNC(=O)OC(C)(C)C)NCc1cnco1. The molecule has 1 amide bonds. The lowest BCUT2D eigenvalue weighted by Crippen LogP contribution is -2.40. The summed E-state index contributed by atoms with van der Waals surface area (Å²) in [6, 6.07) is 0.114. The van der Waals surface area contributed by atoms with Crippen LogP contribution in [-0.2, 0) is 11.3 Å². The molecule has 0 saturated carbocycles. The van der Waals surface area contributed by atoms with E-state index in [4.69, 9.17) is 9.15 Å². The summed E-state index contributed by atoms with van der Waals surface area (Å²) < 4.78 is 10.2. The summed E-state index contributed by atoms with van der Waals surface area (Å²) in [6.07, 6.45) is 2.64. The molecule has 1 aromatic rings. The number of hydrogen-bond donors (Lipinski definition) is 2. The third kappa shape index (κ3) is 6.24. The van der Waals surface area contributed by atoms with Crippen molar-refractivity contribution in [3.8, 4) is 0 Å². The quantitative estimate of drug-likeness (QED) is 0.837. The Hall–Kier alpha value is -1.56. The standard InChI is InChI=1S/C12H21N3O3/c1-9(14-7-10-6-13-8-17-10)5-15-11(16)18-12(2,3)4/h6,8-9,14H,5,7H2,1-4H3,(H,15,16). The molecule has 102 valence electrons. The molecule has 0 bridgehead atoms. The van der Waals surface area contributed by atoms with Gasteiger partial charge in [-0.3, -0.25) is 0 Å². The van der Waals surface area contributed by atoms with Crippen LogP contribution in [0.25, 0.3) is 0 Å². The highest BCUT2D eigenvalue weighted by atomic mass is 16.6. The molecule has 1 aromatic heterocycles. The summed E-state index contributed by atoms with van der Waals surface area (Å²) in [5.74, 6) is 0.763. The number of carbonyl (C=O) groups is 1. The van der Waals surface area contributed by atoms with E-state index in [1.54, 1.807) is 6.20 Å². The van der Waals surface area contributed by atoms with Gasteiger partial charge in [0.2, 0.25) is 0 Å². The lowest BCUT2D eigenvalue weighted by Gasteiger charge is -2.21. The molecular formula is C12H21N3O3. The minimum Gasteiger partial charge on any atom is -0.447 e. The number of alkyl carbamates (subject to hydrolysis) is 1. The Labute approximate surface area is 107 Å². The largest absolute Gasteiger partial charge is 0.447 e. The van der Waals surface area contributed by atoms with Crippen molar-refractivity contribution in [2.24, 2.45) is 0 Å². The molecule has 0 aliphatic carbocycles. The van der Waals surface area contributed by atoms with E-state index in [1.807, 2.05) is 27.7 Å². The van der Waals surface area contributed by atoms with Crippen molar-refractivity contribution in [3.63, 3.8) is 0 Å². The third-order valence-electron chi connectivity index (χ3n) is 2.06. The first-order chi connectivity index (χ1) is 8.37. The van der Waals surface area contributed by atoms with E-state index in [0.717, 1.165) is 5.76 Å². The van der Waals surface area contributed by atoms with Gasteiger partial charge in [-0.05, 0) is 27.7 Å². The molecule has 2 N–H and O–H groups in total. The summed E-state index contributed by atoms with van der Waals surface area (Å²) in [5, 5.41) is 5.90. The summed E-state index contributed by atoms with van der Waals surface area (Å²) >= 11 is 0. The van der Waals surface area contributed by atoms with Crippen molar-refractivity contribution in [1.82, 2.24) is 15.6 Å². The molecule has 1 atom stereocenters. The molecule has 0 spiro atoms. The smallest absolute Gasteiger partial charge is 0.407 e. The normalized spacial score (nSPS) is 13.1. The molecule has 6 heteroatoms. The highest BCUT2D eigenvalue weighted by molar-refractivity contribution is 5.67. The Kier molecular flexibility index (Phi) is 5.15. The molecule has 0 aliphatic heterocycles. The van der Waals surface area contributed by atoms with Crippen molar-refractivity contribution >= 4 is 6.09 Å². The second kappa shape index (κ2) is 6.39. The van der Waals surface area contributed by atoms with Gasteiger partial charge in [-0.1, -0.05) is 0 Å². The van der Waals surface area contributed by atoms with Crippen LogP contribution >= 0.6 is 0 Å². The second-order valence-corrected chi connectivity index (χ2v) is 5.13. The number of oxazole rings is 1. The molecule has 0 saturated heterocycles. The van der Waals surface area contributed by atoms with Crippen LogP contribution in [-0.4, -0.2) is 29.3 Å². The van der Waals surface area contributed by atoms with Crippen LogP contribution in [0.1, 0.15) is 33.5 Å². The average molecular weight is 255 g/mol. The number of rotatable bonds is 5. The number of ether oxygens (including phenoxy) is 1. The highest BCUT2D eigenvalue weighted by Crippen LogP contribution is 2.06. The minimum atomic E-state index is -0.472. The van der Waals surface area contributed by atoms with Crippen molar-refractivity contribution < 1.29 is 13.9 Å². The van der Waals surface area contributed by atoms with E-state index in [0.29, 0.717) is 13.1 Å². The van der Waals surface area contributed by atoms with Gasteiger partial charge in [0.15, 0.2) is 6.39 Å². The molecule has 1 rings (SSSR count). The average Bonchev–Trinajstić information content (AvgIpc) is 2.74. The predicted octanol–water partition coefficient (Wildman–Crippen LogP) is 1.68. The number of carbonyl (C=O) groups excluding carboxylic acids is 1. The van der Waals surface area contributed by atoms with E-state index < -0.39 is 11.7 Å². The Bertz CT molecular complexity index is 357. The maximum atomic E-state index is 11.4. The van der Waals surface area contributed by atoms with Crippen molar-refractivity contribution in [3.05, 3.63) is 18.4 Å². The van der Waals surface area contributed by atoms with Crippen molar-refractivity contribution in [1.29, 1.82) is 0 Å². The number of amides is 1. The number of hydrogen-bond acceptors (Lipinski definition) is 5. The van der Waals surface area contributed by atoms with E-state index >= 15 is 0 Å². The maximum Gasteiger partial charge on any atom is 0.407 e. The lowest BCUT2D eigenvalue weighted by atomic mass is 10.2. The van der Waals surface area contributed by atoms with Crippen LogP contribution in [0.4, 0.5) is 4.79 Å². The van der Waals surface area contributed by atoms with Gasteiger partial charge < -0.3 is 19.8 Å². The summed E-state index contributed by atoms with van der Waals surface area (Å²) in [4.78, 5) is 15.2. The van der Waals surface area contributed by atoms with Crippen LogP contribution in [0.5, 0.6) is 0 Å². The minimum absolute atomic E-state index is 0.114. The molecule has 0 fully saturated rings. The van der Waals surface area contributed by atoms with E-state index in [9.17, 15) is 4.79 Å². The van der Waals surface area contributed by atoms with Crippen LogP contribution in [0, 0.1) is 0 Å². The van der Waals surface area contributed by atoms with E-state index in [1.165, 1.54) is 6.39 Å². The van der Waals surface area contributed by atoms with Crippen molar-refractivity contribution in [2.45, 2.75) is 45.9 Å². The van der Waals surface area contributed by atoms with Crippen LogP contribution in [0.15, 0.2) is 17.0 Å². The Balaban J connectivity index is 2.17. The molecule has 0 radical (unpaired) electrons. The van der Waals surface area contributed by atoms with E-state index in [-0.39, 0.29) is 6.04 Å². The molecule has 6 nitrogen and oxygen atoms in total. The number of nitrogens with zero attached hydrogens (tertiary/aromatic N) is 1. The molecule has 0 aliphatic rings. The van der Waals surface area contributed by atoms with Crippen LogP contribution in [0.2, 0.25) is 0 Å². The Morgan fingerprint density at radius 1 is 1.56 bits per heavy atom. The monoisotopic (exact) mass is 255 g/mol. The van der Waals surface area contributed by atoms with Gasteiger partial charge in [-0.15, -0.1) is 0 Å². The van der Waals surface area contributed by atoms with Gasteiger partial charge in [0.05, 0.1) is 12.7 Å². The van der Waals surface area contributed by atoms with Crippen molar-refractivity contribution in [2.75, 3.05) is 6.54 Å². The maximum absolute atomic E-state index is 11.4. The third-order valence-corrected chi connectivity index (χ3v) is 2.06. The summed E-state index contributed by atoms with van der Waals surface area (Å²) in [6.45, 7) is 8.53. The second-order valence-electron chi connectivity index (χ2n) is 5.13. The zero-order valence-corrected chi connectivity index (χ0v) is 11.3. The van der Waals surface area contributed by atoms with Gasteiger partial charge in [0.1, 0.15) is 11.4 Å². The zero-order valence-electron chi connectivity index (χ0n) is 11.3. The van der Waals surface area contributed by atoms with Crippen LogP contribution < -0.4 is 10.6 Å². The Morgan fingerprint density at radius 3 is 2.83 bits per heavy atom. The number of nitrogens with one attached hydrogen (secondary N) is 2. The molecule has 1 heterocycles. The lowest BCUT2D eigenvalue weighted by molar-refractivity contribution is 0.0523. The fourth-order valence-electron chi connectivity index (χ4n) is 1.23. The van der Waals surface area contributed by atoms with Gasteiger partial charge in [0, 0.05) is 12.6 Å². The van der Waals surface area contributed by atoms with Gasteiger partial charge in [0.25, 0.3) is 0 Å². The molecule has 1 unspecified atom stereocenters. The van der Waals surface area contributed by atoms with Crippen LogP contribution in [0.3, 0.4) is 0 Å². The first kappa shape index (κ1) is 14.5.